The maximum Gasteiger partial charge on any atom is 0.324 e. The highest BCUT2D eigenvalue weighted by Gasteiger charge is 2.37. The number of carbonyl (C=O) groups excluding carboxylic acids is 2. The van der Waals surface area contributed by atoms with Gasteiger partial charge in [-0.3, -0.25) is 9.59 Å². The minimum absolute atomic E-state index is 0.132. The van der Waals surface area contributed by atoms with Crippen LogP contribution in [-0.2, 0) is 20.4 Å². The van der Waals surface area contributed by atoms with Crippen LogP contribution in [-0.4, -0.2) is 20.5 Å². The van der Waals surface area contributed by atoms with Gasteiger partial charge in [0.25, 0.3) is 5.78 Å². The van der Waals surface area contributed by atoms with Crippen molar-refractivity contribution >= 4 is 28.7 Å². The minimum Gasteiger partial charge on any atom is -0.748 e. The average molecular weight is 226 g/mol. The summed E-state index contributed by atoms with van der Waals surface area (Å²) in [7, 11) is 0. The molecule has 1 aliphatic rings. The number of benzene rings is 1. The molecule has 0 N–H and O–H groups in total. The number of hydrogen-bond donors (Lipinski definition) is 0. The highest BCUT2D eigenvalue weighted by molar-refractivity contribution is 7.74. The predicted molar refractivity (Wildman–Crippen MR) is 48.3 cm³/mol. The van der Waals surface area contributed by atoms with Gasteiger partial charge in [-0.2, -0.15) is 9.35 Å². The lowest BCUT2D eigenvalue weighted by Gasteiger charge is -2.15. The molecule has 6 nitrogen and oxygen atoms in total. The van der Waals surface area contributed by atoms with E-state index in [1.54, 1.807) is 12.1 Å². The molecule has 1 aliphatic heterocycles. The number of carbonyl (C=O) groups is 2. The second-order valence-electron chi connectivity index (χ2n) is 2.72. The van der Waals surface area contributed by atoms with Gasteiger partial charge in [-0.1, -0.05) is 12.1 Å². The molecule has 0 saturated carbocycles. The van der Waals surface area contributed by atoms with Crippen LogP contribution in [0.4, 0.5) is 5.69 Å². The Morgan fingerprint density at radius 1 is 1.27 bits per heavy atom. The van der Waals surface area contributed by atoms with E-state index in [-0.39, 0.29) is 11.3 Å². The molecule has 0 radical (unpaired) electrons. The summed E-state index contributed by atoms with van der Waals surface area (Å²) < 4.78 is 24.8. The van der Waals surface area contributed by atoms with Crippen molar-refractivity contribution in [3.8, 4) is 0 Å². The molecule has 0 saturated heterocycles. The number of para-hydroxylation sites is 1. The summed E-state index contributed by atoms with van der Waals surface area (Å²) in [5.74, 6) is -1.79. The van der Waals surface area contributed by atoms with Gasteiger partial charge in [-0.05, 0) is 12.1 Å². The summed E-state index contributed by atoms with van der Waals surface area (Å²) in [6.07, 6.45) is 0. The molecule has 7 heteroatoms. The topological polar surface area (TPSA) is 86.7 Å². The van der Waals surface area contributed by atoms with Crippen molar-refractivity contribution in [2.24, 2.45) is 0 Å². The molecule has 1 atom stereocenters. The summed E-state index contributed by atoms with van der Waals surface area (Å²) >= 11 is -2.90. The highest BCUT2D eigenvalue weighted by atomic mass is 32.2. The van der Waals surface area contributed by atoms with E-state index in [1.807, 2.05) is 0 Å². The third-order valence-electron chi connectivity index (χ3n) is 1.88. The Bertz CT molecular complexity index is 472. The van der Waals surface area contributed by atoms with Gasteiger partial charge in [0.2, 0.25) is 0 Å². The van der Waals surface area contributed by atoms with Crippen LogP contribution < -0.4 is 5.06 Å². The number of hydrogen-bond acceptors (Lipinski definition) is 5. The van der Waals surface area contributed by atoms with Crippen LogP contribution in [0.5, 0.6) is 0 Å². The van der Waals surface area contributed by atoms with Gasteiger partial charge < -0.3 is 4.55 Å². The van der Waals surface area contributed by atoms with Crippen LogP contribution in [0.1, 0.15) is 10.4 Å². The lowest BCUT2D eigenvalue weighted by molar-refractivity contribution is -0.117. The molecular weight excluding hydrogens is 222 g/mol. The van der Waals surface area contributed by atoms with Crippen LogP contribution in [0.2, 0.25) is 0 Å². The smallest absolute Gasteiger partial charge is 0.324 e. The number of fused-ring (bicyclic) bond motifs is 1. The molecule has 2 rings (SSSR count). The van der Waals surface area contributed by atoms with Gasteiger partial charge in [0.05, 0.1) is 11.3 Å². The Labute approximate surface area is 86.9 Å². The Morgan fingerprint density at radius 2 is 1.93 bits per heavy atom. The standard InChI is InChI=1S/C8H5NO5S/c10-7-5-3-1-2-4-6(5)9(8(7)11)14-15(12)13/h1-4H,(H,12,13)/p-1. The summed E-state index contributed by atoms with van der Waals surface area (Å²) in [6.45, 7) is 0. The van der Waals surface area contributed by atoms with Crippen molar-refractivity contribution in [3.63, 3.8) is 0 Å². The summed E-state index contributed by atoms with van der Waals surface area (Å²) in [4.78, 5) is 22.6. The fraction of sp³-hybridized carbons (Fsp3) is 0. The molecule has 0 aliphatic carbocycles. The Morgan fingerprint density at radius 3 is 2.60 bits per heavy atom. The molecule has 1 aromatic rings. The number of rotatable bonds is 2. The molecule has 78 valence electrons. The minimum atomic E-state index is -2.90. The average Bonchev–Trinajstić information content (AvgIpc) is 2.44. The van der Waals surface area contributed by atoms with Crippen molar-refractivity contribution in [3.05, 3.63) is 29.8 Å². The fourth-order valence-corrected chi connectivity index (χ4v) is 1.56. The van der Waals surface area contributed by atoms with E-state index >= 15 is 0 Å². The zero-order valence-electron chi connectivity index (χ0n) is 7.21. The lowest BCUT2D eigenvalue weighted by Crippen LogP contribution is -2.30. The van der Waals surface area contributed by atoms with Gasteiger partial charge in [-0.25, -0.2) is 4.21 Å². The number of nitrogens with zero attached hydrogens (tertiary/aromatic N) is 1. The van der Waals surface area contributed by atoms with E-state index in [1.165, 1.54) is 12.1 Å². The van der Waals surface area contributed by atoms with Gasteiger partial charge >= 0.3 is 5.91 Å². The fourth-order valence-electron chi connectivity index (χ4n) is 1.29. The van der Waals surface area contributed by atoms with E-state index in [4.69, 9.17) is 0 Å². The molecule has 1 heterocycles. The third kappa shape index (κ3) is 1.56. The van der Waals surface area contributed by atoms with E-state index < -0.39 is 23.1 Å². The molecule has 0 aromatic heterocycles. The Kier molecular flexibility index (Phi) is 2.35. The zero-order valence-corrected chi connectivity index (χ0v) is 8.02. The molecular formula is C8H4NO5S-. The number of hydroxylamine groups is 1. The number of Topliss-reactive ketones (excluding diaryl/α,β-unsaturated/α-hetero) is 1. The van der Waals surface area contributed by atoms with Crippen LogP contribution in [0, 0.1) is 0 Å². The van der Waals surface area contributed by atoms with Crippen molar-refractivity contribution in [2.45, 2.75) is 0 Å². The van der Waals surface area contributed by atoms with Gasteiger partial charge in [0.1, 0.15) is 11.4 Å². The lowest BCUT2D eigenvalue weighted by atomic mass is 10.1. The third-order valence-corrected chi connectivity index (χ3v) is 2.15. The molecule has 1 aromatic carbocycles. The first-order valence-electron chi connectivity index (χ1n) is 3.87. The first-order chi connectivity index (χ1) is 7.11. The number of ketones is 1. The van der Waals surface area contributed by atoms with Gasteiger partial charge in [0, 0.05) is 0 Å². The summed E-state index contributed by atoms with van der Waals surface area (Å²) in [6, 6.07) is 5.98. The molecule has 0 bridgehead atoms. The second kappa shape index (κ2) is 3.54. The Hall–Kier alpha value is -1.57. The molecule has 0 spiro atoms. The molecule has 1 amide bonds. The monoisotopic (exact) mass is 226 g/mol. The summed E-state index contributed by atoms with van der Waals surface area (Å²) in [5.41, 5.74) is 0.268. The van der Waals surface area contributed by atoms with E-state index in [0.717, 1.165) is 0 Å². The van der Waals surface area contributed by atoms with Crippen molar-refractivity contribution < 1.29 is 22.6 Å². The first-order valence-corrected chi connectivity index (χ1v) is 4.87. The molecule has 15 heavy (non-hydrogen) atoms. The predicted octanol–water partition coefficient (Wildman–Crippen LogP) is -0.0584. The van der Waals surface area contributed by atoms with Gasteiger partial charge in [-0.15, -0.1) is 0 Å². The van der Waals surface area contributed by atoms with Gasteiger partial charge in [0.15, 0.2) is 0 Å². The first kappa shape index (κ1) is 9.97. The zero-order chi connectivity index (χ0) is 11.0. The Balaban J connectivity index is 2.47. The van der Waals surface area contributed by atoms with E-state index in [0.29, 0.717) is 5.06 Å². The van der Waals surface area contributed by atoms with Crippen molar-refractivity contribution in [2.75, 3.05) is 5.06 Å². The maximum absolute atomic E-state index is 11.3. The molecule has 0 fully saturated rings. The maximum atomic E-state index is 11.3. The number of anilines is 1. The van der Waals surface area contributed by atoms with E-state index in [2.05, 4.69) is 4.28 Å². The quantitative estimate of drug-likeness (QED) is 0.521. The van der Waals surface area contributed by atoms with Crippen molar-refractivity contribution in [1.29, 1.82) is 0 Å². The number of amides is 1. The van der Waals surface area contributed by atoms with Crippen LogP contribution in [0.15, 0.2) is 24.3 Å². The normalized spacial score (nSPS) is 16.7. The molecule has 1 unspecified atom stereocenters. The van der Waals surface area contributed by atoms with Crippen molar-refractivity contribution in [1.82, 2.24) is 0 Å². The summed E-state index contributed by atoms with van der Waals surface area (Å²) in [5, 5.41) is 0.459. The largest absolute Gasteiger partial charge is 0.748 e. The van der Waals surface area contributed by atoms with Crippen LogP contribution >= 0.6 is 0 Å². The highest BCUT2D eigenvalue weighted by Crippen LogP contribution is 2.28. The van der Waals surface area contributed by atoms with E-state index in [9.17, 15) is 18.4 Å². The van der Waals surface area contributed by atoms with Crippen LogP contribution in [0.25, 0.3) is 0 Å². The van der Waals surface area contributed by atoms with Crippen LogP contribution in [0.3, 0.4) is 0 Å². The SMILES string of the molecule is O=C1C(=O)N(OS(=O)[O-])c2ccccc21. The second-order valence-corrected chi connectivity index (χ2v) is 3.28.